The SMILES string of the molecule is CC[C@@H](C)NC(=O)[C@@H](Cc1ccccc1)N(Cc1ccccc1Cl)C(=O)CCc1ccc2c(c1)OCO2. The lowest BCUT2D eigenvalue weighted by Gasteiger charge is -2.32. The molecule has 1 N–H and O–H groups in total. The molecule has 194 valence electrons. The molecule has 0 saturated heterocycles. The van der Waals surface area contributed by atoms with Crippen molar-refractivity contribution in [1.29, 1.82) is 0 Å². The van der Waals surface area contributed by atoms with Crippen molar-refractivity contribution in [2.45, 2.75) is 58.2 Å². The summed E-state index contributed by atoms with van der Waals surface area (Å²) in [6.07, 6.45) is 1.96. The zero-order valence-corrected chi connectivity index (χ0v) is 22.0. The van der Waals surface area contributed by atoms with Crippen LogP contribution in [0.25, 0.3) is 0 Å². The first kappa shape index (κ1) is 26.6. The summed E-state index contributed by atoms with van der Waals surface area (Å²) in [5.41, 5.74) is 2.76. The van der Waals surface area contributed by atoms with Gasteiger partial charge in [-0.05, 0) is 54.7 Å². The predicted molar refractivity (Wildman–Crippen MR) is 145 cm³/mol. The number of aryl methyl sites for hydroxylation is 1. The van der Waals surface area contributed by atoms with Crippen molar-refractivity contribution < 1.29 is 19.1 Å². The molecule has 1 aliphatic heterocycles. The van der Waals surface area contributed by atoms with E-state index in [0.717, 1.165) is 23.1 Å². The minimum atomic E-state index is -0.683. The van der Waals surface area contributed by atoms with Gasteiger partial charge in [-0.25, -0.2) is 0 Å². The average Bonchev–Trinajstić information content (AvgIpc) is 3.38. The van der Waals surface area contributed by atoms with Gasteiger partial charge < -0.3 is 19.7 Å². The van der Waals surface area contributed by atoms with Crippen molar-refractivity contribution in [3.8, 4) is 11.5 Å². The molecular formula is C30H33ClN2O4. The smallest absolute Gasteiger partial charge is 0.243 e. The number of hydrogen-bond acceptors (Lipinski definition) is 4. The molecular weight excluding hydrogens is 488 g/mol. The van der Waals surface area contributed by atoms with Gasteiger partial charge in [0, 0.05) is 30.5 Å². The standard InChI is InChI=1S/C30H33ClN2O4/c1-3-21(2)32-30(35)26(17-22-9-5-4-6-10-22)33(19-24-11-7-8-12-25(24)31)29(34)16-14-23-13-15-27-28(18-23)37-20-36-27/h4-13,15,18,21,26H,3,14,16-17,19-20H2,1-2H3,(H,32,35)/t21-,26-/m1/s1. The highest BCUT2D eigenvalue weighted by Crippen LogP contribution is 2.33. The molecule has 4 rings (SSSR count). The van der Waals surface area contributed by atoms with Crippen LogP contribution in [0.15, 0.2) is 72.8 Å². The summed E-state index contributed by atoms with van der Waals surface area (Å²) in [4.78, 5) is 29.1. The zero-order valence-electron chi connectivity index (χ0n) is 21.3. The maximum Gasteiger partial charge on any atom is 0.243 e. The third-order valence-electron chi connectivity index (χ3n) is 6.64. The second-order valence-electron chi connectivity index (χ2n) is 9.32. The van der Waals surface area contributed by atoms with Crippen LogP contribution >= 0.6 is 11.6 Å². The Bertz CT molecular complexity index is 1220. The molecule has 0 spiro atoms. The summed E-state index contributed by atoms with van der Waals surface area (Å²) in [5, 5.41) is 3.66. The van der Waals surface area contributed by atoms with E-state index in [0.29, 0.717) is 29.4 Å². The van der Waals surface area contributed by atoms with Crippen LogP contribution in [0.2, 0.25) is 5.02 Å². The Morgan fingerprint density at radius 1 is 0.973 bits per heavy atom. The van der Waals surface area contributed by atoms with Crippen LogP contribution in [0, 0.1) is 0 Å². The highest BCUT2D eigenvalue weighted by Gasteiger charge is 2.31. The number of rotatable bonds is 11. The van der Waals surface area contributed by atoms with Gasteiger partial charge in [-0.3, -0.25) is 9.59 Å². The van der Waals surface area contributed by atoms with Crippen LogP contribution in [0.4, 0.5) is 0 Å². The Hall–Kier alpha value is -3.51. The molecule has 2 amide bonds. The number of nitrogens with one attached hydrogen (secondary N) is 1. The Morgan fingerprint density at radius 2 is 1.70 bits per heavy atom. The van der Waals surface area contributed by atoms with Gasteiger partial charge in [-0.15, -0.1) is 0 Å². The molecule has 3 aromatic carbocycles. The van der Waals surface area contributed by atoms with Crippen molar-refractivity contribution in [2.75, 3.05) is 6.79 Å². The highest BCUT2D eigenvalue weighted by atomic mass is 35.5. The summed E-state index contributed by atoms with van der Waals surface area (Å²) >= 11 is 6.49. The Labute approximate surface area is 223 Å². The fourth-order valence-electron chi connectivity index (χ4n) is 4.30. The predicted octanol–water partition coefficient (Wildman–Crippen LogP) is 5.56. The summed E-state index contributed by atoms with van der Waals surface area (Å²) in [5.74, 6) is 1.12. The number of carbonyl (C=O) groups excluding carboxylic acids is 2. The molecule has 1 aliphatic rings. The molecule has 37 heavy (non-hydrogen) atoms. The van der Waals surface area contributed by atoms with Gasteiger partial charge in [0.05, 0.1) is 0 Å². The number of nitrogens with zero attached hydrogens (tertiary/aromatic N) is 1. The summed E-state index contributed by atoms with van der Waals surface area (Å²) in [7, 11) is 0. The molecule has 0 aromatic heterocycles. The van der Waals surface area contributed by atoms with Crippen LogP contribution in [-0.4, -0.2) is 35.6 Å². The number of amides is 2. The number of fused-ring (bicyclic) bond motifs is 1. The molecule has 0 unspecified atom stereocenters. The van der Waals surface area contributed by atoms with E-state index in [9.17, 15) is 9.59 Å². The topological polar surface area (TPSA) is 67.9 Å². The van der Waals surface area contributed by atoms with Gasteiger partial charge in [0.25, 0.3) is 0 Å². The fraction of sp³-hybridized carbons (Fsp3) is 0.333. The van der Waals surface area contributed by atoms with Crippen molar-refractivity contribution in [3.63, 3.8) is 0 Å². The van der Waals surface area contributed by atoms with Crippen molar-refractivity contribution in [1.82, 2.24) is 10.2 Å². The van der Waals surface area contributed by atoms with E-state index in [1.807, 2.05) is 80.6 Å². The third kappa shape index (κ3) is 7.04. The second-order valence-corrected chi connectivity index (χ2v) is 9.73. The molecule has 0 aliphatic carbocycles. The van der Waals surface area contributed by atoms with Crippen molar-refractivity contribution in [2.24, 2.45) is 0 Å². The van der Waals surface area contributed by atoms with E-state index in [-0.39, 0.29) is 37.6 Å². The summed E-state index contributed by atoms with van der Waals surface area (Å²) < 4.78 is 10.9. The van der Waals surface area contributed by atoms with E-state index in [1.165, 1.54) is 0 Å². The van der Waals surface area contributed by atoms with Gasteiger partial charge in [-0.1, -0.05) is 73.1 Å². The van der Waals surface area contributed by atoms with Crippen LogP contribution in [0.3, 0.4) is 0 Å². The number of benzene rings is 3. The van der Waals surface area contributed by atoms with Gasteiger partial charge in [0.1, 0.15) is 6.04 Å². The molecule has 0 saturated carbocycles. The van der Waals surface area contributed by atoms with Crippen molar-refractivity contribution in [3.05, 3.63) is 94.5 Å². The molecule has 2 atom stereocenters. The lowest BCUT2D eigenvalue weighted by atomic mass is 10.0. The monoisotopic (exact) mass is 520 g/mol. The quantitative estimate of drug-likeness (QED) is 0.359. The van der Waals surface area contributed by atoms with Crippen LogP contribution in [-0.2, 0) is 29.0 Å². The number of halogens is 1. The van der Waals surface area contributed by atoms with Crippen LogP contribution in [0.1, 0.15) is 43.4 Å². The highest BCUT2D eigenvalue weighted by molar-refractivity contribution is 6.31. The molecule has 0 fully saturated rings. The first-order chi connectivity index (χ1) is 17.9. The van der Waals surface area contributed by atoms with E-state index in [1.54, 1.807) is 11.0 Å². The normalized spacial score (nSPS) is 13.6. The van der Waals surface area contributed by atoms with Gasteiger partial charge >= 0.3 is 0 Å². The average molecular weight is 521 g/mol. The van der Waals surface area contributed by atoms with Gasteiger partial charge in [0.15, 0.2) is 11.5 Å². The van der Waals surface area contributed by atoms with Gasteiger partial charge in [0.2, 0.25) is 18.6 Å². The van der Waals surface area contributed by atoms with Crippen molar-refractivity contribution >= 4 is 23.4 Å². The number of carbonyl (C=O) groups is 2. The van der Waals surface area contributed by atoms with Crippen LogP contribution in [0.5, 0.6) is 11.5 Å². The lowest BCUT2D eigenvalue weighted by molar-refractivity contribution is -0.141. The van der Waals surface area contributed by atoms with E-state index in [2.05, 4.69) is 5.32 Å². The summed E-state index contributed by atoms with van der Waals surface area (Å²) in [6.45, 7) is 4.44. The van der Waals surface area contributed by atoms with Gasteiger partial charge in [-0.2, -0.15) is 0 Å². The van der Waals surface area contributed by atoms with E-state index in [4.69, 9.17) is 21.1 Å². The number of ether oxygens (including phenoxy) is 2. The second kappa shape index (κ2) is 12.6. The number of hydrogen-bond donors (Lipinski definition) is 1. The lowest BCUT2D eigenvalue weighted by Crippen LogP contribution is -2.52. The Balaban J connectivity index is 1.61. The molecule has 3 aromatic rings. The minimum absolute atomic E-state index is 0.00308. The maximum atomic E-state index is 13.8. The Kier molecular flexibility index (Phi) is 9.07. The van der Waals surface area contributed by atoms with E-state index < -0.39 is 6.04 Å². The first-order valence-electron chi connectivity index (χ1n) is 12.7. The minimum Gasteiger partial charge on any atom is -0.454 e. The Morgan fingerprint density at radius 3 is 2.46 bits per heavy atom. The van der Waals surface area contributed by atoms with Crippen LogP contribution < -0.4 is 14.8 Å². The fourth-order valence-corrected chi connectivity index (χ4v) is 4.49. The van der Waals surface area contributed by atoms with E-state index >= 15 is 0 Å². The summed E-state index contributed by atoms with van der Waals surface area (Å²) in [6, 6.07) is 22.3. The largest absolute Gasteiger partial charge is 0.454 e. The maximum absolute atomic E-state index is 13.8. The molecule has 1 heterocycles. The molecule has 0 radical (unpaired) electrons. The molecule has 0 bridgehead atoms. The molecule has 6 nitrogen and oxygen atoms in total. The first-order valence-corrected chi connectivity index (χ1v) is 13.1. The third-order valence-corrected chi connectivity index (χ3v) is 7.00. The zero-order chi connectivity index (χ0) is 26.2. The molecule has 7 heteroatoms.